The van der Waals surface area contributed by atoms with Crippen LogP contribution in [0, 0.1) is 6.92 Å². The summed E-state index contributed by atoms with van der Waals surface area (Å²) in [4.78, 5) is 14.3. The van der Waals surface area contributed by atoms with Gasteiger partial charge in [-0.15, -0.1) is 11.3 Å². The first-order valence-electron chi connectivity index (χ1n) is 6.44. The predicted molar refractivity (Wildman–Crippen MR) is 85.0 cm³/mol. The molecule has 0 fully saturated rings. The molecular formula is C15H15NO2S2. The molecule has 104 valence electrons. The normalized spacial score (nSPS) is 13.8. The van der Waals surface area contributed by atoms with Gasteiger partial charge in [0.05, 0.1) is 4.88 Å². The molecule has 1 aliphatic rings. The number of fused-ring (bicyclic) bond motifs is 1. The number of hydrogen-bond donors (Lipinski definition) is 2. The number of carbonyl (C=O) groups excluding carboxylic acids is 1. The fraction of sp³-hybridized carbons (Fsp3) is 0.267. The lowest BCUT2D eigenvalue weighted by molar-refractivity contribution is 0.103. The molecule has 0 atom stereocenters. The Labute approximate surface area is 126 Å². The van der Waals surface area contributed by atoms with Gasteiger partial charge in [-0.25, -0.2) is 0 Å². The maximum absolute atomic E-state index is 12.2. The van der Waals surface area contributed by atoms with E-state index in [1.54, 1.807) is 29.5 Å². The van der Waals surface area contributed by atoms with Crippen LogP contribution < -0.4 is 5.32 Å². The molecular weight excluding hydrogens is 290 g/mol. The first-order chi connectivity index (χ1) is 9.63. The number of nitrogens with one attached hydrogen (secondary N) is 1. The number of amides is 1. The van der Waals surface area contributed by atoms with Crippen LogP contribution in [0.4, 0.5) is 5.69 Å². The molecule has 0 unspecified atom stereocenters. The molecule has 1 aliphatic heterocycles. The van der Waals surface area contributed by atoms with Gasteiger partial charge in [0.2, 0.25) is 0 Å². The molecule has 3 nitrogen and oxygen atoms in total. The van der Waals surface area contributed by atoms with Gasteiger partial charge in [0.15, 0.2) is 0 Å². The van der Waals surface area contributed by atoms with E-state index in [9.17, 15) is 9.90 Å². The van der Waals surface area contributed by atoms with Crippen LogP contribution >= 0.6 is 23.1 Å². The van der Waals surface area contributed by atoms with Gasteiger partial charge in [-0.3, -0.25) is 4.79 Å². The van der Waals surface area contributed by atoms with Gasteiger partial charge in [-0.05, 0) is 42.4 Å². The molecule has 0 saturated carbocycles. The van der Waals surface area contributed by atoms with Crippen molar-refractivity contribution >= 4 is 34.7 Å². The zero-order valence-electron chi connectivity index (χ0n) is 11.1. The largest absolute Gasteiger partial charge is 0.508 e. The van der Waals surface area contributed by atoms with Gasteiger partial charge in [-0.1, -0.05) is 6.07 Å². The Morgan fingerprint density at radius 2 is 2.20 bits per heavy atom. The van der Waals surface area contributed by atoms with E-state index in [0.29, 0.717) is 5.69 Å². The maximum Gasteiger partial charge on any atom is 0.265 e. The molecule has 1 aromatic carbocycles. The third-order valence-corrected chi connectivity index (χ3v) is 5.56. The van der Waals surface area contributed by atoms with Gasteiger partial charge in [0.25, 0.3) is 5.91 Å². The number of hydrogen-bond acceptors (Lipinski definition) is 4. The fourth-order valence-corrected chi connectivity index (χ4v) is 4.41. The van der Waals surface area contributed by atoms with Gasteiger partial charge < -0.3 is 10.4 Å². The Hall–Kier alpha value is -1.46. The standard InChI is InChI=1S/C15H15NO2S2/c1-9-2-3-11(7-12(9)17)16-15(18)14-6-10-8-19-5-4-13(10)20-14/h2-3,6-7,17H,4-5,8H2,1H3,(H,16,18). The van der Waals surface area contributed by atoms with Crippen LogP contribution in [-0.2, 0) is 12.2 Å². The summed E-state index contributed by atoms with van der Waals surface area (Å²) in [6.45, 7) is 1.83. The van der Waals surface area contributed by atoms with Crippen molar-refractivity contribution in [2.75, 3.05) is 11.1 Å². The molecule has 1 aromatic heterocycles. The second-order valence-corrected chi connectivity index (χ2v) is 7.06. The van der Waals surface area contributed by atoms with Crippen molar-refractivity contribution in [3.8, 4) is 5.75 Å². The van der Waals surface area contributed by atoms with Crippen LogP contribution in [-0.4, -0.2) is 16.8 Å². The number of phenolic OH excluding ortho intramolecular Hbond substituents is 1. The molecule has 2 N–H and O–H groups in total. The van der Waals surface area contributed by atoms with E-state index in [0.717, 1.165) is 28.4 Å². The van der Waals surface area contributed by atoms with Crippen molar-refractivity contribution < 1.29 is 9.90 Å². The van der Waals surface area contributed by atoms with Crippen molar-refractivity contribution in [3.63, 3.8) is 0 Å². The summed E-state index contributed by atoms with van der Waals surface area (Å²) >= 11 is 3.49. The van der Waals surface area contributed by atoms with Crippen molar-refractivity contribution in [1.29, 1.82) is 0 Å². The maximum atomic E-state index is 12.2. The van der Waals surface area contributed by atoms with Crippen LogP contribution in [0.25, 0.3) is 0 Å². The number of carbonyl (C=O) groups is 1. The van der Waals surface area contributed by atoms with Crippen LogP contribution in [0.2, 0.25) is 0 Å². The minimum atomic E-state index is -0.0994. The van der Waals surface area contributed by atoms with Crippen molar-refractivity contribution in [3.05, 3.63) is 45.1 Å². The highest BCUT2D eigenvalue weighted by Gasteiger charge is 2.17. The Balaban J connectivity index is 1.78. The smallest absolute Gasteiger partial charge is 0.265 e. The lowest BCUT2D eigenvalue weighted by Crippen LogP contribution is -2.10. The molecule has 3 rings (SSSR count). The number of anilines is 1. The lowest BCUT2D eigenvalue weighted by Gasteiger charge is -2.08. The third kappa shape index (κ3) is 2.69. The quantitative estimate of drug-likeness (QED) is 0.887. The molecule has 20 heavy (non-hydrogen) atoms. The van der Waals surface area contributed by atoms with Crippen molar-refractivity contribution in [2.24, 2.45) is 0 Å². The van der Waals surface area contributed by atoms with E-state index in [4.69, 9.17) is 0 Å². The lowest BCUT2D eigenvalue weighted by atomic mass is 10.2. The Bertz CT molecular complexity index is 640. The van der Waals surface area contributed by atoms with Gasteiger partial charge in [-0.2, -0.15) is 11.8 Å². The second kappa shape index (κ2) is 5.50. The Morgan fingerprint density at radius 1 is 1.35 bits per heavy atom. The summed E-state index contributed by atoms with van der Waals surface area (Å²) in [5.74, 6) is 2.24. The summed E-state index contributed by atoms with van der Waals surface area (Å²) in [6, 6.07) is 7.17. The highest BCUT2D eigenvalue weighted by atomic mass is 32.2. The summed E-state index contributed by atoms with van der Waals surface area (Å²) in [7, 11) is 0. The average molecular weight is 305 g/mol. The van der Waals surface area contributed by atoms with Crippen molar-refractivity contribution in [2.45, 2.75) is 19.1 Å². The second-order valence-electron chi connectivity index (χ2n) is 4.82. The average Bonchev–Trinajstić information content (AvgIpc) is 2.87. The number of thioether (sulfide) groups is 1. The predicted octanol–water partition coefficient (Wildman–Crippen LogP) is 3.80. The summed E-state index contributed by atoms with van der Waals surface area (Å²) < 4.78 is 0. The van der Waals surface area contributed by atoms with E-state index in [2.05, 4.69) is 5.32 Å². The van der Waals surface area contributed by atoms with Crippen LogP contribution in [0.15, 0.2) is 24.3 Å². The van der Waals surface area contributed by atoms with E-state index in [-0.39, 0.29) is 11.7 Å². The van der Waals surface area contributed by atoms with E-state index >= 15 is 0 Å². The van der Waals surface area contributed by atoms with Gasteiger partial charge in [0, 0.05) is 22.4 Å². The number of phenols is 1. The minimum absolute atomic E-state index is 0.0994. The first kappa shape index (κ1) is 13.5. The van der Waals surface area contributed by atoms with E-state index in [1.807, 2.05) is 24.8 Å². The molecule has 5 heteroatoms. The van der Waals surface area contributed by atoms with Crippen LogP contribution in [0.1, 0.15) is 25.7 Å². The van der Waals surface area contributed by atoms with Crippen LogP contribution in [0.3, 0.4) is 0 Å². The van der Waals surface area contributed by atoms with Crippen molar-refractivity contribution in [1.82, 2.24) is 0 Å². The minimum Gasteiger partial charge on any atom is -0.508 e. The summed E-state index contributed by atoms with van der Waals surface area (Å²) in [5, 5.41) is 12.5. The number of thiophene rings is 1. The number of rotatable bonds is 2. The van der Waals surface area contributed by atoms with Crippen LogP contribution in [0.5, 0.6) is 5.75 Å². The summed E-state index contributed by atoms with van der Waals surface area (Å²) in [5.41, 5.74) is 2.72. The molecule has 2 aromatic rings. The third-order valence-electron chi connectivity index (χ3n) is 3.32. The van der Waals surface area contributed by atoms with E-state index in [1.165, 1.54) is 10.4 Å². The highest BCUT2D eigenvalue weighted by molar-refractivity contribution is 7.98. The molecule has 0 saturated heterocycles. The number of aryl methyl sites for hydroxylation is 2. The zero-order chi connectivity index (χ0) is 14.1. The molecule has 0 aliphatic carbocycles. The van der Waals surface area contributed by atoms with Gasteiger partial charge >= 0.3 is 0 Å². The number of benzene rings is 1. The molecule has 0 radical (unpaired) electrons. The molecule has 0 spiro atoms. The topological polar surface area (TPSA) is 49.3 Å². The Morgan fingerprint density at radius 3 is 2.95 bits per heavy atom. The molecule has 1 amide bonds. The number of aromatic hydroxyl groups is 1. The van der Waals surface area contributed by atoms with Gasteiger partial charge in [0.1, 0.15) is 5.75 Å². The Kier molecular flexibility index (Phi) is 3.72. The molecule has 0 bridgehead atoms. The van der Waals surface area contributed by atoms with E-state index < -0.39 is 0 Å². The monoisotopic (exact) mass is 305 g/mol. The summed E-state index contributed by atoms with van der Waals surface area (Å²) in [6.07, 6.45) is 1.06. The SMILES string of the molecule is Cc1ccc(NC(=O)c2cc3c(s2)CCSC3)cc1O. The highest BCUT2D eigenvalue weighted by Crippen LogP contribution is 2.32. The first-order valence-corrected chi connectivity index (χ1v) is 8.41. The fourth-order valence-electron chi connectivity index (χ4n) is 2.14. The molecule has 2 heterocycles. The zero-order valence-corrected chi connectivity index (χ0v) is 12.7.